The first-order valence-corrected chi connectivity index (χ1v) is 8.11. The molecule has 0 saturated carbocycles. The summed E-state index contributed by atoms with van der Waals surface area (Å²) in [5.41, 5.74) is 2.57. The Labute approximate surface area is 143 Å². The van der Waals surface area contributed by atoms with Crippen LogP contribution in [0.15, 0.2) is 65.8 Å². The second kappa shape index (κ2) is 7.88. The van der Waals surface area contributed by atoms with E-state index in [-0.39, 0.29) is 0 Å². The molecular formula is C20H24N2O2. The third-order valence-corrected chi connectivity index (χ3v) is 3.76. The lowest BCUT2D eigenvalue weighted by Crippen LogP contribution is -2.43. The van der Waals surface area contributed by atoms with E-state index in [0.29, 0.717) is 17.0 Å². The van der Waals surface area contributed by atoms with Gasteiger partial charge in [0.2, 0.25) is 0 Å². The third-order valence-electron chi connectivity index (χ3n) is 3.76. The average molecular weight is 324 g/mol. The molecule has 0 spiro atoms. The summed E-state index contributed by atoms with van der Waals surface area (Å²) in [7, 11) is 0. The van der Waals surface area contributed by atoms with Crippen molar-refractivity contribution in [1.29, 1.82) is 0 Å². The van der Waals surface area contributed by atoms with Crippen LogP contribution in [0.25, 0.3) is 0 Å². The van der Waals surface area contributed by atoms with Gasteiger partial charge in [-0.2, -0.15) is 5.10 Å². The number of hydrazone groups is 1. The second-order valence-corrected chi connectivity index (χ2v) is 6.33. The molecule has 0 fully saturated rings. The summed E-state index contributed by atoms with van der Waals surface area (Å²) in [4.78, 5) is 12.8. The fraction of sp³-hybridized carbons (Fsp3) is 0.300. The Hall–Kier alpha value is -2.46. The number of hydrogen-bond donors (Lipinski definition) is 2. The maximum Gasteiger partial charge on any atom is 0.281 e. The number of benzene rings is 2. The van der Waals surface area contributed by atoms with Gasteiger partial charge in [0, 0.05) is 5.71 Å². The maximum atomic E-state index is 12.8. The molecule has 126 valence electrons. The van der Waals surface area contributed by atoms with Gasteiger partial charge in [-0.25, -0.2) is 5.43 Å². The number of nitrogens with zero attached hydrogens (tertiary/aromatic N) is 1. The molecule has 0 radical (unpaired) electrons. The Balaban J connectivity index is 2.35. The van der Waals surface area contributed by atoms with Crippen LogP contribution in [0.5, 0.6) is 0 Å². The first kappa shape index (κ1) is 17.9. The molecule has 0 aliphatic heterocycles. The van der Waals surface area contributed by atoms with Gasteiger partial charge in [0.15, 0.2) is 5.60 Å². The highest BCUT2D eigenvalue weighted by molar-refractivity contribution is 5.91. The Bertz CT molecular complexity index is 655. The van der Waals surface area contributed by atoms with Crippen molar-refractivity contribution in [2.45, 2.75) is 32.8 Å². The molecule has 0 aliphatic rings. The van der Waals surface area contributed by atoms with Crippen LogP contribution >= 0.6 is 0 Å². The summed E-state index contributed by atoms with van der Waals surface area (Å²) in [6, 6.07) is 17.8. The molecule has 4 heteroatoms. The first-order valence-electron chi connectivity index (χ1n) is 8.11. The summed E-state index contributed by atoms with van der Waals surface area (Å²) in [6.07, 6.45) is 0.787. The highest BCUT2D eigenvalue weighted by Gasteiger charge is 2.39. The molecule has 0 heterocycles. The van der Waals surface area contributed by atoms with E-state index in [1.54, 1.807) is 48.5 Å². The normalized spacial score (nSPS) is 12.3. The summed E-state index contributed by atoms with van der Waals surface area (Å²) < 4.78 is 0. The van der Waals surface area contributed by atoms with E-state index >= 15 is 0 Å². The van der Waals surface area contributed by atoms with Crippen LogP contribution in [0.1, 0.15) is 38.3 Å². The molecule has 0 aromatic heterocycles. The van der Waals surface area contributed by atoms with E-state index < -0.39 is 11.5 Å². The monoisotopic (exact) mass is 324 g/mol. The van der Waals surface area contributed by atoms with Crippen molar-refractivity contribution < 1.29 is 9.90 Å². The fourth-order valence-corrected chi connectivity index (χ4v) is 2.65. The van der Waals surface area contributed by atoms with Crippen LogP contribution in [0, 0.1) is 5.92 Å². The number of hydrogen-bond acceptors (Lipinski definition) is 3. The van der Waals surface area contributed by atoms with E-state index in [0.717, 1.165) is 12.1 Å². The van der Waals surface area contributed by atoms with Gasteiger partial charge in [-0.1, -0.05) is 74.5 Å². The lowest BCUT2D eigenvalue weighted by Gasteiger charge is -2.27. The number of carbonyl (C=O) groups is 1. The number of carbonyl (C=O) groups excluding carboxylic acids is 1. The van der Waals surface area contributed by atoms with Crippen molar-refractivity contribution in [3.8, 4) is 0 Å². The standard InChI is InChI=1S/C20H24N2O2/c1-15(2)14-16(3)21-22-19(23)20(24,17-10-6-4-7-11-17)18-12-8-5-9-13-18/h4-13,15,24H,14H2,1-3H3,(H,22,23). The lowest BCUT2D eigenvalue weighted by molar-refractivity contribution is -0.136. The van der Waals surface area contributed by atoms with E-state index in [1.165, 1.54) is 0 Å². The average Bonchev–Trinajstić information content (AvgIpc) is 2.60. The van der Waals surface area contributed by atoms with Gasteiger partial charge in [-0.3, -0.25) is 4.79 Å². The maximum absolute atomic E-state index is 12.8. The van der Waals surface area contributed by atoms with Crippen LogP contribution < -0.4 is 5.43 Å². The predicted octanol–water partition coefficient (Wildman–Crippen LogP) is 3.46. The highest BCUT2D eigenvalue weighted by Crippen LogP contribution is 2.29. The van der Waals surface area contributed by atoms with Crippen LogP contribution in [0.2, 0.25) is 0 Å². The minimum Gasteiger partial charge on any atom is -0.372 e. The van der Waals surface area contributed by atoms with Crippen LogP contribution in [-0.2, 0) is 10.4 Å². The predicted molar refractivity (Wildman–Crippen MR) is 96.6 cm³/mol. The van der Waals surface area contributed by atoms with Crippen LogP contribution in [-0.4, -0.2) is 16.7 Å². The number of rotatable bonds is 6. The molecule has 0 saturated heterocycles. The molecule has 2 rings (SSSR count). The van der Waals surface area contributed by atoms with Gasteiger partial charge in [0.1, 0.15) is 0 Å². The molecule has 4 nitrogen and oxygen atoms in total. The molecular weight excluding hydrogens is 300 g/mol. The Morgan fingerprint density at radius 2 is 1.50 bits per heavy atom. The van der Waals surface area contributed by atoms with Crippen molar-refractivity contribution in [3.63, 3.8) is 0 Å². The van der Waals surface area contributed by atoms with Crippen molar-refractivity contribution in [2.75, 3.05) is 0 Å². The van der Waals surface area contributed by atoms with Crippen molar-refractivity contribution in [3.05, 3.63) is 71.8 Å². The molecule has 1 amide bonds. The van der Waals surface area contributed by atoms with Gasteiger partial charge in [0.25, 0.3) is 5.91 Å². The molecule has 2 aromatic carbocycles. The first-order chi connectivity index (χ1) is 11.4. The third kappa shape index (κ3) is 4.09. The summed E-state index contributed by atoms with van der Waals surface area (Å²) in [5, 5.41) is 15.4. The molecule has 0 unspecified atom stereocenters. The molecule has 0 atom stereocenters. The smallest absolute Gasteiger partial charge is 0.281 e. The molecule has 2 aromatic rings. The fourth-order valence-electron chi connectivity index (χ4n) is 2.65. The minimum atomic E-state index is -1.79. The van der Waals surface area contributed by atoms with Gasteiger partial charge in [0.05, 0.1) is 0 Å². The summed E-state index contributed by atoms with van der Waals surface area (Å²) in [6.45, 7) is 6.04. The van der Waals surface area contributed by atoms with Crippen LogP contribution in [0.4, 0.5) is 0 Å². The molecule has 2 N–H and O–H groups in total. The Kier molecular flexibility index (Phi) is 5.88. The zero-order chi connectivity index (χ0) is 17.6. The second-order valence-electron chi connectivity index (χ2n) is 6.33. The number of aliphatic hydroxyl groups is 1. The van der Waals surface area contributed by atoms with Gasteiger partial charge in [-0.15, -0.1) is 0 Å². The minimum absolute atomic E-state index is 0.452. The summed E-state index contributed by atoms with van der Waals surface area (Å²) in [5.74, 6) is -0.115. The van der Waals surface area contributed by atoms with E-state index in [2.05, 4.69) is 24.4 Å². The highest BCUT2D eigenvalue weighted by atomic mass is 16.3. The van der Waals surface area contributed by atoms with Gasteiger partial charge < -0.3 is 5.11 Å². The molecule has 24 heavy (non-hydrogen) atoms. The van der Waals surface area contributed by atoms with Crippen molar-refractivity contribution in [2.24, 2.45) is 11.0 Å². The largest absolute Gasteiger partial charge is 0.372 e. The molecule has 0 aliphatic carbocycles. The summed E-state index contributed by atoms with van der Waals surface area (Å²) >= 11 is 0. The molecule has 0 bridgehead atoms. The SMILES string of the molecule is CC(CC(C)C)=NNC(=O)C(O)(c1ccccc1)c1ccccc1. The number of nitrogens with one attached hydrogen (secondary N) is 1. The van der Waals surface area contributed by atoms with Crippen LogP contribution in [0.3, 0.4) is 0 Å². The van der Waals surface area contributed by atoms with E-state index in [1.807, 2.05) is 19.1 Å². The van der Waals surface area contributed by atoms with Crippen molar-refractivity contribution >= 4 is 11.6 Å². The zero-order valence-electron chi connectivity index (χ0n) is 14.4. The quantitative estimate of drug-likeness (QED) is 0.631. The van der Waals surface area contributed by atoms with Crippen molar-refractivity contribution in [1.82, 2.24) is 5.43 Å². The topological polar surface area (TPSA) is 61.7 Å². The van der Waals surface area contributed by atoms with E-state index in [4.69, 9.17) is 0 Å². The Morgan fingerprint density at radius 1 is 1.04 bits per heavy atom. The van der Waals surface area contributed by atoms with Gasteiger partial charge >= 0.3 is 0 Å². The lowest BCUT2D eigenvalue weighted by atomic mass is 9.85. The van der Waals surface area contributed by atoms with E-state index in [9.17, 15) is 9.90 Å². The number of amides is 1. The zero-order valence-corrected chi connectivity index (χ0v) is 14.4. The van der Waals surface area contributed by atoms with Gasteiger partial charge in [-0.05, 0) is 30.4 Å². The Morgan fingerprint density at radius 3 is 1.92 bits per heavy atom.